The van der Waals surface area contributed by atoms with E-state index in [9.17, 15) is 15.2 Å². The first-order valence-corrected chi connectivity index (χ1v) is 5.14. The van der Waals surface area contributed by atoms with E-state index in [1.807, 2.05) is 0 Å². The summed E-state index contributed by atoms with van der Waals surface area (Å²) >= 11 is 0. The van der Waals surface area contributed by atoms with Crippen molar-refractivity contribution < 1.29 is 10.0 Å². The summed E-state index contributed by atoms with van der Waals surface area (Å²) in [7, 11) is 0. The number of anilines is 1. The molecule has 86 valence electrons. The van der Waals surface area contributed by atoms with Gasteiger partial charge in [-0.05, 0) is 25.3 Å². The van der Waals surface area contributed by atoms with E-state index < -0.39 is 4.92 Å². The van der Waals surface area contributed by atoms with Crippen LogP contribution in [0.5, 0.6) is 0 Å². The number of aromatic nitrogens is 1. The van der Waals surface area contributed by atoms with Gasteiger partial charge in [-0.25, -0.2) is 0 Å². The van der Waals surface area contributed by atoms with E-state index in [1.54, 1.807) is 6.07 Å². The maximum absolute atomic E-state index is 10.8. The predicted molar refractivity (Wildman–Crippen MR) is 58.2 cm³/mol. The van der Waals surface area contributed by atoms with E-state index in [4.69, 9.17) is 0 Å². The summed E-state index contributed by atoms with van der Waals surface area (Å²) in [4.78, 5) is 14.0. The van der Waals surface area contributed by atoms with E-state index in [0.717, 1.165) is 19.3 Å². The highest BCUT2D eigenvalue weighted by Gasteiger charge is 2.37. The van der Waals surface area contributed by atoms with Crippen molar-refractivity contribution in [1.82, 2.24) is 4.98 Å². The molecule has 1 fully saturated rings. The summed E-state index contributed by atoms with van der Waals surface area (Å²) in [5, 5.41) is 23.1. The maximum Gasteiger partial charge on any atom is 0.310 e. The molecule has 0 aliphatic heterocycles. The lowest BCUT2D eigenvalue weighted by molar-refractivity contribution is -0.384. The predicted octanol–water partition coefficient (Wildman–Crippen LogP) is 1.32. The number of nitrogens with zero attached hydrogens (tertiary/aromatic N) is 2. The van der Waals surface area contributed by atoms with E-state index in [-0.39, 0.29) is 17.8 Å². The first kappa shape index (κ1) is 10.8. The van der Waals surface area contributed by atoms with Crippen LogP contribution in [0.4, 0.5) is 11.4 Å². The van der Waals surface area contributed by atoms with E-state index in [2.05, 4.69) is 10.3 Å². The van der Waals surface area contributed by atoms with Crippen molar-refractivity contribution in [1.29, 1.82) is 0 Å². The molecule has 6 nitrogen and oxygen atoms in total. The third-order valence-corrected chi connectivity index (χ3v) is 3.01. The third kappa shape index (κ3) is 1.83. The molecule has 0 spiro atoms. The van der Waals surface area contributed by atoms with Crippen molar-refractivity contribution in [3.8, 4) is 0 Å². The molecular formula is C10H13N3O3. The largest absolute Gasteiger partial charge is 0.394 e. The molecule has 1 heterocycles. The van der Waals surface area contributed by atoms with Crippen molar-refractivity contribution in [2.75, 3.05) is 11.9 Å². The summed E-state index contributed by atoms with van der Waals surface area (Å²) < 4.78 is 0. The van der Waals surface area contributed by atoms with Crippen LogP contribution in [0.15, 0.2) is 18.5 Å². The SMILES string of the molecule is O=[N+]([O-])c1cnccc1NC1(CO)CCC1. The zero-order chi connectivity index (χ0) is 11.6. The molecule has 6 heteroatoms. The van der Waals surface area contributed by atoms with Crippen LogP contribution in [0.1, 0.15) is 19.3 Å². The average molecular weight is 223 g/mol. The Balaban J connectivity index is 2.23. The molecule has 1 saturated carbocycles. The van der Waals surface area contributed by atoms with Crippen LogP contribution in [-0.4, -0.2) is 27.2 Å². The highest BCUT2D eigenvalue weighted by atomic mass is 16.6. The smallest absolute Gasteiger partial charge is 0.310 e. The molecule has 16 heavy (non-hydrogen) atoms. The van der Waals surface area contributed by atoms with E-state index in [1.165, 1.54) is 12.4 Å². The van der Waals surface area contributed by atoms with Gasteiger partial charge in [-0.2, -0.15) is 0 Å². The minimum atomic E-state index is -0.473. The molecule has 2 rings (SSSR count). The number of pyridine rings is 1. The second-order valence-corrected chi connectivity index (χ2v) is 4.07. The maximum atomic E-state index is 10.8. The lowest BCUT2D eigenvalue weighted by atomic mass is 9.77. The van der Waals surface area contributed by atoms with E-state index >= 15 is 0 Å². The van der Waals surface area contributed by atoms with Crippen LogP contribution in [-0.2, 0) is 0 Å². The Morgan fingerprint density at radius 3 is 2.88 bits per heavy atom. The first-order valence-electron chi connectivity index (χ1n) is 5.14. The molecule has 1 aromatic heterocycles. The summed E-state index contributed by atoms with van der Waals surface area (Å²) in [6, 6.07) is 1.56. The summed E-state index contributed by atoms with van der Waals surface area (Å²) in [6.45, 7) is -0.00746. The van der Waals surface area contributed by atoms with Crippen molar-refractivity contribution in [3.05, 3.63) is 28.6 Å². The first-order chi connectivity index (χ1) is 7.67. The van der Waals surface area contributed by atoms with Crippen molar-refractivity contribution in [2.45, 2.75) is 24.8 Å². The summed E-state index contributed by atoms with van der Waals surface area (Å²) in [5.74, 6) is 0. The molecule has 0 amide bonds. The Bertz CT molecular complexity index is 399. The van der Waals surface area contributed by atoms with Gasteiger partial charge in [-0.1, -0.05) is 0 Å². The molecule has 0 saturated heterocycles. The molecule has 0 radical (unpaired) electrons. The lowest BCUT2D eigenvalue weighted by Gasteiger charge is -2.41. The van der Waals surface area contributed by atoms with Crippen LogP contribution in [0.3, 0.4) is 0 Å². The third-order valence-electron chi connectivity index (χ3n) is 3.01. The highest BCUT2D eigenvalue weighted by molar-refractivity contribution is 5.61. The fraction of sp³-hybridized carbons (Fsp3) is 0.500. The summed E-state index contributed by atoms with van der Waals surface area (Å²) in [5.41, 5.74) is -0.0116. The van der Waals surface area contributed by atoms with Crippen LogP contribution in [0, 0.1) is 10.1 Å². The van der Waals surface area contributed by atoms with Crippen LogP contribution < -0.4 is 5.32 Å². The Morgan fingerprint density at radius 1 is 1.62 bits per heavy atom. The van der Waals surface area contributed by atoms with Gasteiger partial charge in [0.2, 0.25) is 0 Å². The van der Waals surface area contributed by atoms with Crippen molar-refractivity contribution in [2.24, 2.45) is 0 Å². The minimum absolute atomic E-state index is 0.00746. The zero-order valence-corrected chi connectivity index (χ0v) is 8.72. The van der Waals surface area contributed by atoms with Gasteiger partial charge in [0.25, 0.3) is 0 Å². The Hall–Kier alpha value is -1.69. The van der Waals surface area contributed by atoms with Crippen LogP contribution in [0.2, 0.25) is 0 Å². The van der Waals surface area contributed by atoms with Crippen LogP contribution >= 0.6 is 0 Å². The molecule has 1 aliphatic carbocycles. The van der Waals surface area contributed by atoms with Gasteiger partial charge in [0, 0.05) is 6.20 Å². The fourth-order valence-electron chi connectivity index (χ4n) is 1.85. The van der Waals surface area contributed by atoms with Gasteiger partial charge >= 0.3 is 5.69 Å². The molecule has 0 bridgehead atoms. The quantitative estimate of drug-likeness (QED) is 0.593. The number of hydrogen-bond donors (Lipinski definition) is 2. The Morgan fingerprint density at radius 2 is 2.38 bits per heavy atom. The van der Waals surface area contributed by atoms with Crippen molar-refractivity contribution >= 4 is 11.4 Å². The molecular weight excluding hydrogens is 210 g/mol. The Kier molecular flexibility index (Phi) is 2.74. The monoisotopic (exact) mass is 223 g/mol. The second-order valence-electron chi connectivity index (χ2n) is 4.07. The Labute approximate surface area is 92.5 Å². The summed E-state index contributed by atoms with van der Waals surface area (Å²) in [6.07, 6.45) is 5.42. The van der Waals surface area contributed by atoms with Crippen molar-refractivity contribution in [3.63, 3.8) is 0 Å². The number of nitrogens with one attached hydrogen (secondary N) is 1. The van der Waals surface area contributed by atoms with Gasteiger partial charge in [-0.15, -0.1) is 0 Å². The highest BCUT2D eigenvalue weighted by Crippen LogP contribution is 2.37. The number of aliphatic hydroxyl groups excluding tert-OH is 1. The molecule has 1 aromatic rings. The van der Waals surface area contributed by atoms with Gasteiger partial charge in [-0.3, -0.25) is 15.1 Å². The average Bonchev–Trinajstić information content (AvgIpc) is 2.24. The molecule has 1 aliphatic rings. The molecule has 2 N–H and O–H groups in total. The second kappa shape index (κ2) is 4.05. The fourth-order valence-corrected chi connectivity index (χ4v) is 1.85. The van der Waals surface area contributed by atoms with Gasteiger partial charge in [0.15, 0.2) is 0 Å². The van der Waals surface area contributed by atoms with E-state index in [0.29, 0.717) is 5.69 Å². The van der Waals surface area contributed by atoms with Gasteiger partial charge in [0.1, 0.15) is 11.9 Å². The normalized spacial score (nSPS) is 17.6. The zero-order valence-electron chi connectivity index (χ0n) is 8.72. The number of hydrogen-bond acceptors (Lipinski definition) is 5. The number of aliphatic hydroxyl groups is 1. The minimum Gasteiger partial charge on any atom is -0.394 e. The van der Waals surface area contributed by atoms with Crippen LogP contribution in [0.25, 0.3) is 0 Å². The van der Waals surface area contributed by atoms with Gasteiger partial charge < -0.3 is 10.4 Å². The standard InChI is InChI=1S/C10H13N3O3/c14-7-10(3-1-4-10)12-8-2-5-11-6-9(8)13(15)16/h2,5-6,14H,1,3-4,7H2,(H,11,12). The molecule has 0 atom stereocenters. The van der Waals surface area contributed by atoms with Gasteiger partial charge in [0.05, 0.1) is 17.1 Å². The topological polar surface area (TPSA) is 88.3 Å². The molecule has 0 unspecified atom stereocenters. The lowest BCUT2D eigenvalue weighted by Crippen LogP contribution is -2.48. The molecule has 0 aromatic carbocycles. The number of nitro groups is 1. The number of rotatable bonds is 4.